The van der Waals surface area contributed by atoms with Crippen molar-refractivity contribution in [1.29, 1.82) is 0 Å². The third-order valence-corrected chi connectivity index (χ3v) is 5.50. The molecule has 128 valence electrons. The summed E-state index contributed by atoms with van der Waals surface area (Å²) in [6, 6.07) is 11.8. The Balaban J connectivity index is 1.58. The van der Waals surface area contributed by atoms with Crippen molar-refractivity contribution in [3.8, 4) is 0 Å². The summed E-state index contributed by atoms with van der Waals surface area (Å²) in [6.45, 7) is 2.11. The SMILES string of the molecule is Cn1c(C(=O)Nc2ccc(N3CCCC3)nc2)c(Br)c2ccccc21. The van der Waals surface area contributed by atoms with Crippen LogP contribution in [-0.2, 0) is 7.05 Å². The standard InChI is InChI=1S/C19H19BrN4O/c1-23-15-7-3-2-6-14(15)17(20)18(23)19(25)22-13-8-9-16(21-12-13)24-10-4-5-11-24/h2-3,6-9,12H,4-5,10-11H2,1H3,(H,22,25). The maximum atomic E-state index is 12.8. The van der Waals surface area contributed by atoms with Crippen molar-refractivity contribution in [2.75, 3.05) is 23.3 Å². The fraction of sp³-hybridized carbons (Fsp3) is 0.263. The van der Waals surface area contributed by atoms with E-state index in [1.807, 2.05) is 48.0 Å². The zero-order chi connectivity index (χ0) is 17.4. The van der Waals surface area contributed by atoms with Gasteiger partial charge in [-0.25, -0.2) is 4.98 Å². The van der Waals surface area contributed by atoms with E-state index in [9.17, 15) is 4.79 Å². The Morgan fingerprint density at radius 3 is 2.60 bits per heavy atom. The number of fused-ring (bicyclic) bond motifs is 1. The van der Waals surface area contributed by atoms with Crippen molar-refractivity contribution >= 4 is 44.2 Å². The molecule has 1 aliphatic rings. The molecule has 1 aromatic carbocycles. The van der Waals surface area contributed by atoms with Crippen LogP contribution in [0.4, 0.5) is 11.5 Å². The molecule has 1 saturated heterocycles. The minimum atomic E-state index is -0.152. The first-order valence-electron chi connectivity index (χ1n) is 8.40. The number of pyridine rings is 1. The number of aryl methyl sites for hydroxylation is 1. The van der Waals surface area contributed by atoms with Crippen LogP contribution in [0.15, 0.2) is 47.1 Å². The summed E-state index contributed by atoms with van der Waals surface area (Å²) < 4.78 is 2.71. The summed E-state index contributed by atoms with van der Waals surface area (Å²) >= 11 is 3.57. The Kier molecular flexibility index (Phi) is 4.21. The van der Waals surface area contributed by atoms with Gasteiger partial charge in [0.2, 0.25) is 0 Å². The van der Waals surface area contributed by atoms with Crippen LogP contribution in [0.25, 0.3) is 10.9 Å². The molecule has 5 nitrogen and oxygen atoms in total. The minimum absolute atomic E-state index is 0.152. The molecule has 2 aromatic heterocycles. The van der Waals surface area contributed by atoms with Gasteiger partial charge in [0.25, 0.3) is 5.91 Å². The normalized spacial score (nSPS) is 14.2. The zero-order valence-electron chi connectivity index (χ0n) is 14.0. The lowest BCUT2D eigenvalue weighted by atomic mass is 10.2. The molecule has 0 saturated carbocycles. The molecule has 4 rings (SSSR count). The summed E-state index contributed by atoms with van der Waals surface area (Å²) in [4.78, 5) is 19.5. The van der Waals surface area contributed by atoms with E-state index in [0.29, 0.717) is 11.4 Å². The topological polar surface area (TPSA) is 50.2 Å². The monoisotopic (exact) mass is 398 g/mol. The second-order valence-electron chi connectivity index (χ2n) is 6.29. The van der Waals surface area contributed by atoms with Gasteiger partial charge in [-0.1, -0.05) is 18.2 Å². The van der Waals surface area contributed by atoms with Gasteiger partial charge in [0.1, 0.15) is 11.5 Å². The van der Waals surface area contributed by atoms with Gasteiger partial charge in [-0.15, -0.1) is 0 Å². The van der Waals surface area contributed by atoms with Crippen molar-refractivity contribution in [3.63, 3.8) is 0 Å². The number of aromatic nitrogens is 2. The molecule has 6 heteroatoms. The summed E-state index contributed by atoms with van der Waals surface area (Å²) in [6.07, 6.45) is 4.16. The van der Waals surface area contributed by atoms with Crippen molar-refractivity contribution in [2.24, 2.45) is 7.05 Å². The minimum Gasteiger partial charge on any atom is -0.357 e. The molecule has 1 fully saturated rings. The number of anilines is 2. The Labute approximate surface area is 154 Å². The van der Waals surface area contributed by atoms with Crippen LogP contribution in [0.2, 0.25) is 0 Å². The maximum Gasteiger partial charge on any atom is 0.273 e. The van der Waals surface area contributed by atoms with E-state index in [-0.39, 0.29) is 5.91 Å². The van der Waals surface area contributed by atoms with Crippen LogP contribution in [0.5, 0.6) is 0 Å². The lowest BCUT2D eigenvalue weighted by Gasteiger charge is -2.16. The predicted octanol–water partition coefficient (Wildman–Crippen LogP) is 4.19. The average molecular weight is 399 g/mol. The molecular weight excluding hydrogens is 380 g/mol. The van der Waals surface area contributed by atoms with Crippen molar-refractivity contribution in [2.45, 2.75) is 12.8 Å². The Bertz CT molecular complexity index is 887. The van der Waals surface area contributed by atoms with Gasteiger partial charge < -0.3 is 14.8 Å². The first-order chi connectivity index (χ1) is 12.1. The highest BCUT2D eigenvalue weighted by molar-refractivity contribution is 9.10. The van der Waals surface area contributed by atoms with Crippen molar-refractivity contribution in [1.82, 2.24) is 9.55 Å². The second-order valence-corrected chi connectivity index (χ2v) is 7.09. The smallest absolute Gasteiger partial charge is 0.273 e. The fourth-order valence-corrected chi connectivity index (χ4v) is 4.16. The number of nitrogens with zero attached hydrogens (tertiary/aromatic N) is 3. The molecule has 0 unspecified atom stereocenters. The molecule has 0 aliphatic carbocycles. The molecule has 1 amide bonds. The maximum absolute atomic E-state index is 12.8. The van der Waals surface area contributed by atoms with Crippen LogP contribution in [0.1, 0.15) is 23.3 Å². The van der Waals surface area contributed by atoms with E-state index in [1.54, 1.807) is 6.20 Å². The van der Waals surface area contributed by atoms with E-state index in [1.165, 1.54) is 12.8 Å². The highest BCUT2D eigenvalue weighted by atomic mass is 79.9. The summed E-state index contributed by atoms with van der Waals surface area (Å²) in [7, 11) is 1.90. The molecule has 1 N–H and O–H groups in total. The molecule has 0 bridgehead atoms. The van der Waals surface area contributed by atoms with Gasteiger partial charge in [-0.3, -0.25) is 4.79 Å². The first-order valence-corrected chi connectivity index (χ1v) is 9.20. The largest absolute Gasteiger partial charge is 0.357 e. The molecule has 0 radical (unpaired) electrons. The third-order valence-electron chi connectivity index (χ3n) is 4.70. The zero-order valence-corrected chi connectivity index (χ0v) is 15.6. The number of para-hydroxylation sites is 1. The van der Waals surface area contributed by atoms with Gasteiger partial charge in [-0.2, -0.15) is 0 Å². The van der Waals surface area contributed by atoms with Gasteiger partial charge in [0.15, 0.2) is 0 Å². The number of rotatable bonds is 3. The quantitative estimate of drug-likeness (QED) is 0.719. The Hall–Kier alpha value is -2.34. The van der Waals surface area contributed by atoms with Crippen LogP contribution >= 0.6 is 15.9 Å². The van der Waals surface area contributed by atoms with Crippen molar-refractivity contribution < 1.29 is 4.79 Å². The second kappa shape index (κ2) is 6.52. The first kappa shape index (κ1) is 16.1. The van der Waals surface area contributed by atoms with E-state index < -0.39 is 0 Å². The number of carbonyl (C=O) groups excluding carboxylic acids is 1. The highest BCUT2D eigenvalue weighted by Crippen LogP contribution is 2.30. The number of hydrogen-bond donors (Lipinski definition) is 1. The summed E-state index contributed by atoms with van der Waals surface area (Å²) in [5, 5.41) is 3.97. The molecule has 0 spiro atoms. The van der Waals surface area contributed by atoms with Crippen LogP contribution in [-0.4, -0.2) is 28.5 Å². The van der Waals surface area contributed by atoms with E-state index in [4.69, 9.17) is 0 Å². The number of nitrogens with one attached hydrogen (secondary N) is 1. The molecule has 3 heterocycles. The number of amides is 1. The summed E-state index contributed by atoms with van der Waals surface area (Å²) in [5.74, 6) is 0.822. The van der Waals surface area contributed by atoms with Crippen LogP contribution < -0.4 is 10.2 Å². The van der Waals surface area contributed by atoms with E-state index in [0.717, 1.165) is 34.3 Å². The van der Waals surface area contributed by atoms with Crippen molar-refractivity contribution in [3.05, 3.63) is 52.8 Å². The highest BCUT2D eigenvalue weighted by Gasteiger charge is 2.20. The lowest BCUT2D eigenvalue weighted by Crippen LogP contribution is -2.19. The van der Waals surface area contributed by atoms with E-state index >= 15 is 0 Å². The number of halogens is 1. The molecule has 25 heavy (non-hydrogen) atoms. The van der Waals surface area contributed by atoms with Gasteiger partial charge in [0.05, 0.1) is 16.4 Å². The number of hydrogen-bond acceptors (Lipinski definition) is 3. The summed E-state index contributed by atoms with van der Waals surface area (Å²) in [5.41, 5.74) is 2.32. The van der Waals surface area contributed by atoms with Crippen LogP contribution in [0, 0.1) is 0 Å². The Morgan fingerprint density at radius 1 is 1.16 bits per heavy atom. The van der Waals surface area contributed by atoms with Gasteiger partial charge in [0, 0.05) is 31.0 Å². The number of carbonyl (C=O) groups is 1. The van der Waals surface area contributed by atoms with Crippen LogP contribution in [0.3, 0.4) is 0 Å². The van der Waals surface area contributed by atoms with E-state index in [2.05, 4.69) is 31.1 Å². The molecular formula is C19H19BrN4O. The average Bonchev–Trinajstić information content (AvgIpc) is 3.24. The predicted molar refractivity (Wildman–Crippen MR) is 104 cm³/mol. The van der Waals surface area contributed by atoms with Gasteiger partial charge in [-0.05, 0) is 47.0 Å². The lowest BCUT2D eigenvalue weighted by molar-refractivity contribution is 0.101. The number of benzene rings is 1. The third kappa shape index (κ3) is 2.91. The molecule has 0 atom stereocenters. The Morgan fingerprint density at radius 2 is 1.92 bits per heavy atom. The fourth-order valence-electron chi connectivity index (χ4n) is 3.38. The molecule has 3 aromatic rings. The van der Waals surface area contributed by atoms with Gasteiger partial charge >= 0.3 is 0 Å². The molecule has 1 aliphatic heterocycles.